The van der Waals surface area contributed by atoms with Crippen molar-refractivity contribution >= 4 is 11.8 Å². The smallest absolute Gasteiger partial charge is 0.228 e. The number of hydrogen-bond acceptors (Lipinski definition) is 2. The molecule has 2 amide bonds. The molecular weight excluding hydrogens is 288 g/mol. The second-order valence-corrected chi connectivity index (χ2v) is 6.64. The van der Waals surface area contributed by atoms with Crippen LogP contribution >= 0.6 is 0 Å². The Morgan fingerprint density at radius 1 is 1.30 bits per heavy atom. The molecule has 0 aliphatic carbocycles. The van der Waals surface area contributed by atoms with Crippen molar-refractivity contribution in [3.8, 4) is 0 Å². The molecule has 1 aromatic carbocycles. The Labute approximate surface area is 139 Å². The van der Waals surface area contributed by atoms with E-state index in [9.17, 15) is 9.59 Å². The summed E-state index contributed by atoms with van der Waals surface area (Å²) in [6, 6.07) is 10.2. The van der Waals surface area contributed by atoms with Gasteiger partial charge in [-0.05, 0) is 25.8 Å². The monoisotopic (exact) mass is 316 g/mol. The quantitative estimate of drug-likeness (QED) is 0.775. The molecule has 2 rings (SSSR count). The Bertz CT molecular complexity index is 527. The zero-order chi connectivity index (χ0) is 16.8. The van der Waals surface area contributed by atoms with E-state index < -0.39 is 0 Å². The fourth-order valence-corrected chi connectivity index (χ4v) is 3.03. The molecule has 1 unspecified atom stereocenters. The largest absolute Gasteiger partial charge is 0.342 e. The molecular formula is C19H28N2O2. The van der Waals surface area contributed by atoms with Crippen LogP contribution < -0.4 is 0 Å². The van der Waals surface area contributed by atoms with Gasteiger partial charge in [-0.25, -0.2) is 0 Å². The fourth-order valence-electron chi connectivity index (χ4n) is 3.03. The van der Waals surface area contributed by atoms with Gasteiger partial charge >= 0.3 is 0 Å². The molecule has 23 heavy (non-hydrogen) atoms. The van der Waals surface area contributed by atoms with E-state index in [0.717, 1.165) is 24.9 Å². The van der Waals surface area contributed by atoms with Gasteiger partial charge in [0.05, 0.1) is 5.92 Å². The molecule has 0 radical (unpaired) electrons. The molecule has 1 aliphatic heterocycles. The van der Waals surface area contributed by atoms with Crippen molar-refractivity contribution in [3.05, 3.63) is 35.9 Å². The van der Waals surface area contributed by atoms with E-state index >= 15 is 0 Å². The lowest BCUT2D eigenvalue weighted by atomic mass is 10.1. The lowest BCUT2D eigenvalue weighted by Crippen LogP contribution is -2.41. The van der Waals surface area contributed by atoms with Gasteiger partial charge in [0.15, 0.2) is 0 Å². The van der Waals surface area contributed by atoms with Crippen molar-refractivity contribution in [3.63, 3.8) is 0 Å². The lowest BCUT2D eigenvalue weighted by Gasteiger charge is -2.29. The van der Waals surface area contributed by atoms with Crippen molar-refractivity contribution in [1.29, 1.82) is 0 Å². The summed E-state index contributed by atoms with van der Waals surface area (Å²) in [7, 11) is 0. The third kappa shape index (κ3) is 4.57. The van der Waals surface area contributed by atoms with E-state index in [1.807, 2.05) is 54.0 Å². The molecule has 0 aromatic heterocycles. The summed E-state index contributed by atoms with van der Waals surface area (Å²) in [5, 5.41) is 0. The highest BCUT2D eigenvalue weighted by molar-refractivity contribution is 5.89. The number of carbonyl (C=O) groups excluding carboxylic acids is 2. The predicted molar refractivity (Wildman–Crippen MR) is 91.7 cm³/mol. The molecule has 0 N–H and O–H groups in total. The average Bonchev–Trinajstić information content (AvgIpc) is 2.91. The third-order valence-corrected chi connectivity index (χ3v) is 4.45. The number of rotatable bonds is 7. The van der Waals surface area contributed by atoms with Crippen LogP contribution in [0.5, 0.6) is 0 Å². The molecule has 1 fully saturated rings. The van der Waals surface area contributed by atoms with Crippen LogP contribution in [0.15, 0.2) is 30.3 Å². The van der Waals surface area contributed by atoms with Crippen LogP contribution in [0.4, 0.5) is 0 Å². The van der Waals surface area contributed by atoms with Crippen molar-refractivity contribution < 1.29 is 9.59 Å². The maximum absolute atomic E-state index is 12.9. The molecule has 1 aliphatic rings. The highest BCUT2D eigenvalue weighted by Gasteiger charge is 2.36. The standard InChI is InChI=1S/C19H28N2O2/c1-4-5-11-20-14-17(12-18(20)22)19(23)21(15(2)3)13-16-9-7-6-8-10-16/h6-10,15,17H,4-5,11-14H2,1-3H3. The molecule has 1 aromatic rings. The number of hydrogen-bond donors (Lipinski definition) is 0. The summed E-state index contributed by atoms with van der Waals surface area (Å²) in [5.74, 6) is 0.0434. The number of nitrogens with zero attached hydrogens (tertiary/aromatic N) is 2. The highest BCUT2D eigenvalue weighted by Crippen LogP contribution is 2.22. The van der Waals surface area contributed by atoms with E-state index in [4.69, 9.17) is 0 Å². The topological polar surface area (TPSA) is 40.6 Å². The van der Waals surface area contributed by atoms with Gasteiger partial charge in [-0.1, -0.05) is 43.7 Å². The molecule has 0 spiro atoms. The maximum Gasteiger partial charge on any atom is 0.228 e. The van der Waals surface area contributed by atoms with Crippen LogP contribution in [0.2, 0.25) is 0 Å². The minimum Gasteiger partial charge on any atom is -0.342 e. The average molecular weight is 316 g/mol. The van der Waals surface area contributed by atoms with Gasteiger partial charge in [0, 0.05) is 32.1 Å². The molecule has 4 nitrogen and oxygen atoms in total. The molecule has 1 atom stereocenters. The van der Waals surface area contributed by atoms with Gasteiger partial charge < -0.3 is 9.80 Å². The Balaban J connectivity index is 2.02. The number of benzene rings is 1. The molecule has 126 valence electrons. The summed E-state index contributed by atoms with van der Waals surface area (Å²) in [5.41, 5.74) is 1.13. The molecule has 1 heterocycles. The first-order chi connectivity index (χ1) is 11.0. The SMILES string of the molecule is CCCCN1CC(C(=O)N(Cc2ccccc2)C(C)C)CC1=O. The van der Waals surface area contributed by atoms with Crippen LogP contribution in [0.1, 0.15) is 45.6 Å². The van der Waals surface area contributed by atoms with Gasteiger partial charge in [-0.3, -0.25) is 9.59 Å². The van der Waals surface area contributed by atoms with Crippen molar-refractivity contribution in [2.24, 2.45) is 5.92 Å². The van der Waals surface area contributed by atoms with Crippen molar-refractivity contribution in [2.45, 2.75) is 52.6 Å². The van der Waals surface area contributed by atoms with E-state index in [1.165, 1.54) is 0 Å². The summed E-state index contributed by atoms with van der Waals surface area (Å²) in [6.45, 7) is 8.15. The van der Waals surface area contributed by atoms with Crippen LogP contribution in [0.25, 0.3) is 0 Å². The third-order valence-electron chi connectivity index (χ3n) is 4.45. The van der Waals surface area contributed by atoms with Gasteiger partial charge in [0.1, 0.15) is 0 Å². The number of unbranched alkanes of at least 4 members (excludes halogenated alkanes) is 1. The Kier molecular flexibility index (Phi) is 6.20. The van der Waals surface area contributed by atoms with Gasteiger partial charge in [0.2, 0.25) is 11.8 Å². The Morgan fingerprint density at radius 3 is 2.61 bits per heavy atom. The van der Waals surface area contributed by atoms with Crippen LogP contribution in [-0.2, 0) is 16.1 Å². The molecule has 0 bridgehead atoms. The van der Waals surface area contributed by atoms with E-state index in [0.29, 0.717) is 19.5 Å². The van der Waals surface area contributed by atoms with Crippen LogP contribution in [0, 0.1) is 5.92 Å². The van der Waals surface area contributed by atoms with Crippen LogP contribution in [-0.4, -0.2) is 40.7 Å². The first kappa shape index (κ1) is 17.5. The Hall–Kier alpha value is -1.84. The fraction of sp³-hybridized carbons (Fsp3) is 0.579. The molecule has 1 saturated heterocycles. The predicted octanol–water partition coefficient (Wildman–Crippen LogP) is 3.07. The highest BCUT2D eigenvalue weighted by atomic mass is 16.2. The first-order valence-electron chi connectivity index (χ1n) is 8.65. The number of likely N-dealkylation sites (tertiary alicyclic amines) is 1. The normalized spacial score (nSPS) is 17.8. The van der Waals surface area contributed by atoms with Gasteiger partial charge in [0.25, 0.3) is 0 Å². The van der Waals surface area contributed by atoms with E-state index in [-0.39, 0.29) is 23.8 Å². The second-order valence-electron chi connectivity index (χ2n) is 6.64. The van der Waals surface area contributed by atoms with Gasteiger partial charge in [-0.15, -0.1) is 0 Å². The first-order valence-corrected chi connectivity index (χ1v) is 8.65. The summed E-state index contributed by atoms with van der Waals surface area (Å²) in [6.07, 6.45) is 2.43. The maximum atomic E-state index is 12.9. The number of amides is 2. The number of carbonyl (C=O) groups is 2. The van der Waals surface area contributed by atoms with Crippen molar-refractivity contribution in [2.75, 3.05) is 13.1 Å². The molecule has 4 heteroatoms. The van der Waals surface area contributed by atoms with E-state index in [1.54, 1.807) is 0 Å². The summed E-state index contributed by atoms with van der Waals surface area (Å²) >= 11 is 0. The minimum atomic E-state index is -0.189. The Morgan fingerprint density at radius 2 is 2.00 bits per heavy atom. The van der Waals surface area contributed by atoms with Crippen molar-refractivity contribution in [1.82, 2.24) is 9.80 Å². The van der Waals surface area contributed by atoms with Gasteiger partial charge in [-0.2, -0.15) is 0 Å². The summed E-state index contributed by atoms with van der Waals surface area (Å²) < 4.78 is 0. The minimum absolute atomic E-state index is 0.108. The van der Waals surface area contributed by atoms with E-state index in [2.05, 4.69) is 6.92 Å². The molecule has 0 saturated carbocycles. The second kappa shape index (κ2) is 8.14. The zero-order valence-electron chi connectivity index (χ0n) is 14.5. The summed E-state index contributed by atoms with van der Waals surface area (Å²) in [4.78, 5) is 28.8. The van der Waals surface area contributed by atoms with Crippen LogP contribution in [0.3, 0.4) is 0 Å². The zero-order valence-corrected chi connectivity index (χ0v) is 14.5. The lowest BCUT2D eigenvalue weighted by molar-refractivity contribution is -0.138.